The predicted octanol–water partition coefficient (Wildman–Crippen LogP) is 1.41. The highest BCUT2D eigenvalue weighted by Gasteiger charge is 2.31. The summed E-state index contributed by atoms with van der Waals surface area (Å²) in [6.45, 7) is 6.29. The van der Waals surface area contributed by atoms with Gasteiger partial charge in [0.1, 0.15) is 10.8 Å². The van der Waals surface area contributed by atoms with E-state index in [4.69, 9.17) is 18.0 Å². The summed E-state index contributed by atoms with van der Waals surface area (Å²) in [5.74, 6) is 1.62. The third-order valence-electron chi connectivity index (χ3n) is 3.78. The van der Waals surface area contributed by atoms with Crippen molar-refractivity contribution in [3.8, 4) is 0 Å². The van der Waals surface area contributed by atoms with Crippen LogP contribution in [-0.4, -0.2) is 48.1 Å². The zero-order valence-corrected chi connectivity index (χ0v) is 12.9. The van der Waals surface area contributed by atoms with Gasteiger partial charge in [-0.05, 0) is 39.1 Å². The highest BCUT2D eigenvalue weighted by Crippen LogP contribution is 2.25. The molecule has 2 atom stereocenters. The lowest BCUT2D eigenvalue weighted by atomic mass is 10.1. The largest absolute Gasteiger partial charge is 0.389 e. The molecule has 104 valence electrons. The molecule has 2 heterocycles. The van der Waals surface area contributed by atoms with E-state index in [1.165, 1.54) is 0 Å². The van der Waals surface area contributed by atoms with Crippen LogP contribution < -0.4 is 10.6 Å². The van der Waals surface area contributed by atoms with Crippen molar-refractivity contribution >= 4 is 23.0 Å². The Kier molecular flexibility index (Phi) is 4.06. The first kappa shape index (κ1) is 14.2. The Morgan fingerprint density at radius 1 is 1.42 bits per heavy atom. The van der Waals surface area contributed by atoms with Crippen molar-refractivity contribution in [2.24, 2.45) is 11.7 Å². The van der Waals surface area contributed by atoms with Gasteiger partial charge in [0.05, 0.1) is 0 Å². The molecule has 1 aliphatic heterocycles. The van der Waals surface area contributed by atoms with Crippen LogP contribution in [0.2, 0.25) is 0 Å². The van der Waals surface area contributed by atoms with Crippen LogP contribution in [0.1, 0.15) is 18.2 Å². The Morgan fingerprint density at radius 3 is 2.63 bits per heavy atom. The van der Waals surface area contributed by atoms with E-state index in [2.05, 4.69) is 35.8 Å². The van der Waals surface area contributed by atoms with Crippen LogP contribution >= 0.6 is 12.2 Å². The van der Waals surface area contributed by atoms with Gasteiger partial charge in [-0.15, -0.1) is 0 Å². The Labute approximate surface area is 120 Å². The van der Waals surface area contributed by atoms with Gasteiger partial charge in [0.15, 0.2) is 0 Å². The lowest BCUT2D eigenvalue weighted by Crippen LogP contribution is -2.34. The minimum Gasteiger partial charge on any atom is -0.389 e. The second-order valence-electron chi connectivity index (χ2n) is 5.63. The third-order valence-corrected chi connectivity index (χ3v) is 4.02. The van der Waals surface area contributed by atoms with Gasteiger partial charge in [-0.2, -0.15) is 0 Å². The molecule has 0 bridgehead atoms. The molecule has 0 amide bonds. The van der Waals surface area contributed by atoms with Crippen LogP contribution in [0.15, 0.2) is 12.1 Å². The molecular weight excluding hydrogens is 256 g/mol. The molecule has 2 N–H and O–H groups in total. The zero-order chi connectivity index (χ0) is 14.2. The Morgan fingerprint density at radius 2 is 2.11 bits per heavy atom. The van der Waals surface area contributed by atoms with Gasteiger partial charge in [0, 0.05) is 30.4 Å². The first-order valence-corrected chi connectivity index (χ1v) is 6.99. The monoisotopic (exact) mass is 278 g/mol. The van der Waals surface area contributed by atoms with Crippen LogP contribution in [0, 0.1) is 12.8 Å². The van der Waals surface area contributed by atoms with Crippen molar-refractivity contribution in [1.82, 2.24) is 9.88 Å². The topological polar surface area (TPSA) is 45.4 Å². The molecule has 2 rings (SSSR count). The maximum atomic E-state index is 5.73. The van der Waals surface area contributed by atoms with E-state index in [9.17, 15) is 0 Å². The Bertz CT molecular complexity index is 486. The second kappa shape index (κ2) is 5.43. The van der Waals surface area contributed by atoms with E-state index in [-0.39, 0.29) is 0 Å². The third kappa shape index (κ3) is 3.04. The van der Waals surface area contributed by atoms with Crippen LogP contribution in [0.5, 0.6) is 0 Å². The van der Waals surface area contributed by atoms with Crippen molar-refractivity contribution in [2.45, 2.75) is 19.9 Å². The molecule has 1 aromatic rings. The number of hydrogen-bond donors (Lipinski definition) is 1. The average molecular weight is 278 g/mol. The van der Waals surface area contributed by atoms with Crippen molar-refractivity contribution in [1.29, 1.82) is 0 Å². The van der Waals surface area contributed by atoms with Crippen molar-refractivity contribution in [2.75, 3.05) is 32.1 Å². The predicted molar refractivity (Wildman–Crippen MR) is 83.7 cm³/mol. The van der Waals surface area contributed by atoms with Gasteiger partial charge >= 0.3 is 0 Å². The van der Waals surface area contributed by atoms with E-state index < -0.39 is 0 Å². The average Bonchev–Trinajstić information content (AvgIpc) is 2.70. The van der Waals surface area contributed by atoms with Crippen molar-refractivity contribution in [3.63, 3.8) is 0 Å². The van der Waals surface area contributed by atoms with Crippen LogP contribution in [-0.2, 0) is 0 Å². The van der Waals surface area contributed by atoms with E-state index >= 15 is 0 Å². The SMILES string of the molecule is Cc1cc(C(N)=S)cc(N2CC(C)C(N(C)C)C2)n1. The summed E-state index contributed by atoms with van der Waals surface area (Å²) >= 11 is 5.07. The molecule has 4 nitrogen and oxygen atoms in total. The fourth-order valence-electron chi connectivity index (χ4n) is 2.76. The fourth-order valence-corrected chi connectivity index (χ4v) is 2.88. The molecule has 1 aromatic heterocycles. The zero-order valence-electron chi connectivity index (χ0n) is 12.1. The number of hydrogen-bond acceptors (Lipinski definition) is 4. The van der Waals surface area contributed by atoms with Gasteiger partial charge in [-0.25, -0.2) is 4.98 Å². The van der Waals surface area contributed by atoms with Gasteiger partial charge in [-0.1, -0.05) is 19.1 Å². The number of rotatable bonds is 3. The van der Waals surface area contributed by atoms with E-state index in [1.54, 1.807) is 0 Å². The summed E-state index contributed by atoms with van der Waals surface area (Å²) in [4.78, 5) is 9.66. The molecule has 0 aliphatic carbocycles. The van der Waals surface area contributed by atoms with Gasteiger partial charge < -0.3 is 15.5 Å². The van der Waals surface area contributed by atoms with Crippen molar-refractivity contribution < 1.29 is 0 Å². The standard InChI is InChI=1S/C14H22N4S/c1-9-7-18(8-12(9)17(3)4)13-6-11(14(15)19)5-10(2)16-13/h5-6,9,12H,7-8H2,1-4H3,(H2,15,19). The first-order valence-electron chi connectivity index (χ1n) is 6.58. The van der Waals surface area contributed by atoms with Crippen molar-refractivity contribution in [3.05, 3.63) is 23.4 Å². The highest BCUT2D eigenvalue weighted by molar-refractivity contribution is 7.80. The minimum absolute atomic E-state index is 0.433. The summed E-state index contributed by atoms with van der Waals surface area (Å²) < 4.78 is 0. The molecule has 1 saturated heterocycles. The van der Waals surface area contributed by atoms with E-state index in [0.29, 0.717) is 16.9 Å². The molecule has 1 aliphatic rings. The summed E-state index contributed by atoms with van der Waals surface area (Å²) in [5.41, 5.74) is 7.59. The molecule has 0 spiro atoms. The number of anilines is 1. The van der Waals surface area contributed by atoms with Crippen LogP contribution in [0.4, 0.5) is 5.82 Å². The first-order chi connectivity index (χ1) is 8.88. The summed E-state index contributed by atoms with van der Waals surface area (Å²) in [6, 6.07) is 4.50. The van der Waals surface area contributed by atoms with Crippen LogP contribution in [0.25, 0.3) is 0 Å². The van der Waals surface area contributed by atoms with E-state index in [0.717, 1.165) is 30.2 Å². The lowest BCUT2D eigenvalue weighted by molar-refractivity contribution is 0.266. The summed E-state index contributed by atoms with van der Waals surface area (Å²) in [6.07, 6.45) is 0. The molecule has 0 radical (unpaired) electrons. The highest BCUT2D eigenvalue weighted by atomic mass is 32.1. The molecular formula is C14H22N4S. The number of nitrogens with zero attached hydrogens (tertiary/aromatic N) is 3. The fraction of sp³-hybridized carbons (Fsp3) is 0.571. The normalized spacial score (nSPS) is 23.1. The number of pyridine rings is 1. The lowest BCUT2D eigenvalue weighted by Gasteiger charge is -2.23. The minimum atomic E-state index is 0.433. The molecule has 0 saturated carbocycles. The smallest absolute Gasteiger partial charge is 0.129 e. The molecule has 2 unspecified atom stereocenters. The quantitative estimate of drug-likeness (QED) is 0.847. The number of thiocarbonyl (C=S) groups is 1. The Balaban J connectivity index is 2.26. The molecule has 1 fully saturated rings. The summed E-state index contributed by atoms with van der Waals surface area (Å²) in [7, 11) is 4.27. The summed E-state index contributed by atoms with van der Waals surface area (Å²) in [5, 5.41) is 0. The Hall–Kier alpha value is -1.20. The number of aryl methyl sites for hydroxylation is 1. The maximum absolute atomic E-state index is 5.73. The van der Waals surface area contributed by atoms with Gasteiger partial charge in [0.2, 0.25) is 0 Å². The van der Waals surface area contributed by atoms with E-state index in [1.807, 2.05) is 19.1 Å². The number of nitrogens with two attached hydrogens (primary N) is 1. The van der Waals surface area contributed by atoms with Gasteiger partial charge in [-0.3, -0.25) is 0 Å². The number of likely N-dealkylation sites (N-methyl/N-ethyl adjacent to an activating group) is 1. The molecule has 19 heavy (non-hydrogen) atoms. The molecule has 0 aromatic carbocycles. The van der Waals surface area contributed by atoms with Crippen LogP contribution in [0.3, 0.4) is 0 Å². The molecule has 5 heteroatoms. The second-order valence-corrected chi connectivity index (χ2v) is 6.07. The number of aromatic nitrogens is 1. The maximum Gasteiger partial charge on any atom is 0.129 e. The van der Waals surface area contributed by atoms with Gasteiger partial charge in [0.25, 0.3) is 0 Å².